The number of benzene rings is 1. The maximum atomic E-state index is 12.9. The number of fused-ring (bicyclic) bond motifs is 2. The molecule has 2 N–H and O–H groups in total. The third kappa shape index (κ3) is 4.02. The Morgan fingerprint density at radius 2 is 2.09 bits per heavy atom. The van der Waals surface area contributed by atoms with Crippen molar-refractivity contribution in [2.45, 2.75) is 38.5 Å². The summed E-state index contributed by atoms with van der Waals surface area (Å²) in [5.41, 5.74) is 5.04. The molecule has 2 aliphatic heterocycles. The van der Waals surface area contributed by atoms with E-state index in [1.807, 2.05) is 31.2 Å². The van der Waals surface area contributed by atoms with Crippen LogP contribution in [0.2, 0.25) is 0 Å². The second-order valence-electron chi connectivity index (χ2n) is 8.52. The number of hydrogen-bond acceptors (Lipinski definition) is 4. The molecule has 4 heterocycles. The first-order chi connectivity index (χ1) is 15.3. The van der Waals surface area contributed by atoms with Gasteiger partial charge in [0.05, 0.1) is 12.1 Å². The summed E-state index contributed by atoms with van der Waals surface area (Å²) in [6.07, 6.45) is -1.19. The quantitative estimate of drug-likeness (QED) is 0.631. The number of urea groups is 1. The highest BCUT2D eigenvalue weighted by Gasteiger charge is 2.37. The minimum absolute atomic E-state index is 0.220. The van der Waals surface area contributed by atoms with Crippen LogP contribution < -0.4 is 5.32 Å². The Hall–Kier alpha value is -3.14. The Bertz CT molecular complexity index is 1170. The van der Waals surface area contributed by atoms with Gasteiger partial charge in [0, 0.05) is 47.7 Å². The van der Waals surface area contributed by atoms with Gasteiger partial charge in [-0.25, -0.2) is 4.79 Å². The maximum Gasteiger partial charge on any atom is 0.401 e. The fourth-order valence-corrected chi connectivity index (χ4v) is 4.69. The van der Waals surface area contributed by atoms with E-state index in [-0.39, 0.29) is 18.6 Å². The van der Waals surface area contributed by atoms with Gasteiger partial charge in [-0.05, 0) is 56.1 Å². The molecule has 2 aliphatic rings. The summed E-state index contributed by atoms with van der Waals surface area (Å²) in [5.74, 6) is 0. The number of nitrogens with zero attached hydrogens (tertiary/aromatic N) is 4. The van der Waals surface area contributed by atoms with Gasteiger partial charge in [-0.15, -0.1) is 0 Å². The number of piperidine rings is 1. The van der Waals surface area contributed by atoms with Gasteiger partial charge in [0.2, 0.25) is 0 Å². The van der Waals surface area contributed by atoms with Crippen molar-refractivity contribution in [2.24, 2.45) is 0 Å². The number of aryl methyl sites for hydroxylation is 1. The number of rotatable bonds is 3. The number of hydrogen-bond donors (Lipinski definition) is 2. The first-order valence-corrected chi connectivity index (χ1v) is 10.6. The number of nitrogens with one attached hydrogen (secondary N) is 2. The Morgan fingerprint density at radius 1 is 1.25 bits per heavy atom. The van der Waals surface area contributed by atoms with Crippen molar-refractivity contribution in [3.05, 3.63) is 41.7 Å². The van der Waals surface area contributed by atoms with Gasteiger partial charge in [-0.3, -0.25) is 15.0 Å². The molecule has 1 atom stereocenters. The molecule has 0 aliphatic carbocycles. The Balaban J connectivity index is 1.43. The van der Waals surface area contributed by atoms with Crippen molar-refractivity contribution in [1.82, 2.24) is 25.0 Å². The molecule has 0 bridgehead atoms. The first-order valence-electron chi connectivity index (χ1n) is 10.6. The third-order valence-electron chi connectivity index (χ3n) is 6.12. The van der Waals surface area contributed by atoms with Crippen molar-refractivity contribution in [3.63, 3.8) is 0 Å². The molecule has 168 valence electrons. The summed E-state index contributed by atoms with van der Waals surface area (Å²) < 4.78 is 38.6. The Morgan fingerprint density at radius 3 is 2.88 bits per heavy atom. The summed E-state index contributed by atoms with van der Waals surface area (Å²) in [5, 5.41) is 11.3. The van der Waals surface area contributed by atoms with Crippen LogP contribution in [0.3, 0.4) is 0 Å². The molecule has 1 saturated heterocycles. The van der Waals surface area contributed by atoms with Gasteiger partial charge in [-0.1, -0.05) is 0 Å². The lowest BCUT2D eigenvalue weighted by Gasteiger charge is -2.41. The molecule has 1 aromatic carbocycles. The number of carbonyl (C=O) groups is 1. The number of aromatic amines is 1. The van der Waals surface area contributed by atoms with E-state index in [0.717, 1.165) is 33.4 Å². The van der Waals surface area contributed by atoms with Crippen LogP contribution in [-0.2, 0) is 6.54 Å². The van der Waals surface area contributed by atoms with Gasteiger partial charge in [0.25, 0.3) is 0 Å². The van der Waals surface area contributed by atoms with E-state index in [1.165, 1.54) is 4.90 Å². The Labute approximate surface area is 182 Å². The summed E-state index contributed by atoms with van der Waals surface area (Å²) in [6.45, 7) is 1.94. The van der Waals surface area contributed by atoms with Crippen molar-refractivity contribution in [2.75, 3.05) is 25.0 Å². The van der Waals surface area contributed by atoms with E-state index in [9.17, 15) is 18.0 Å². The van der Waals surface area contributed by atoms with Crippen LogP contribution in [0.25, 0.3) is 22.2 Å². The molecule has 7 nitrogen and oxygen atoms in total. The zero-order valence-corrected chi connectivity index (χ0v) is 17.5. The number of halogens is 3. The summed E-state index contributed by atoms with van der Waals surface area (Å²) in [7, 11) is 0. The van der Waals surface area contributed by atoms with Gasteiger partial charge in [0.1, 0.15) is 5.69 Å². The molecule has 2 aromatic heterocycles. The zero-order valence-electron chi connectivity index (χ0n) is 17.5. The summed E-state index contributed by atoms with van der Waals surface area (Å²) in [6, 6.07) is 7.18. The predicted molar refractivity (Wildman–Crippen MR) is 114 cm³/mol. The van der Waals surface area contributed by atoms with Crippen molar-refractivity contribution in [1.29, 1.82) is 0 Å². The normalized spacial score (nSPS) is 19.8. The lowest BCUT2D eigenvalue weighted by atomic mass is 9.99. The van der Waals surface area contributed by atoms with E-state index in [4.69, 9.17) is 0 Å². The van der Waals surface area contributed by atoms with E-state index in [0.29, 0.717) is 31.6 Å². The second kappa shape index (κ2) is 7.77. The number of anilines is 1. The highest BCUT2D eigenvalue weighted by atomic mass is 19.4. The monoisotopic (exact) mass is 444 g/mol. The SMILES string of the molecule is Cc1cc(-c2n[nH]c3cc4c(cc23)CN([C@H]2CCCN(CC(F)(F)F)C2)C(=O)N4)ccn1. The average molecular weight is 444 g/mol. The molecule has 1 fully saturated rings. The lowest BCUT2D eigenvalue weighted by Crippen LogP contribution is -2.53. The molecule has 0 radical (unpaired) electrons. The van der Waals surface area contributed by atoms with Gasteiger partial charge in [0.15, 0.2) is 0 Å². The van der Waals surface area contributed by atoms with Crippen LogP contribution in [0, 0.1) is 6.92 Å². The van der Waals surface area contributed by atoms with Crippen LogP contribution in [0.15, 0.2) is 30.5 Å². The molecule has 32 heavy (non-hydrogen) atoms. The van der Waals surface area contributed by atoms with E-state index < -0.39 is 12.7 Å². The highest BCUT2D eigenvalue weighted by Crippen LogP contribution is 2.34. The fraction of sp³-hybridized carbons (Fsp3) is 0.409. The average Bonchev–Trinajstić information content (AvgIpc) is 3.13. The van der Waals surface area contributed by atoms with Crippen LogP contribution in [0.1, 0.15) is 24.1 Å². The molecule has 0 unspecified atom stereocenters. The number of likely N-dealkylation sites (tertiary alicyclic amines) is 1. The number of aromatic nitrogens is 3. The van der Waals surface area contributed by atoms with Crippen LogP contribution in [-0.4, -0.2) is 62.9 Å². The van der Waals surface area contributed by atoms with Gasteiger partial charge < -0.3 is 10.2 Å². The van der Waals surface area contributed by atoms with Crippen molar-refractivity contribution >= 4 is 22.6 Å². The van der Waals surface area contributed by atoms with E-state index >= 15 is 0 Å². The fourth-order valence-electron chi connectivity index (χ4n) is 4.69. The number of amides is 2. The van der Waals surface area contributed by atoms with Crippen molar-refractivity contribution in [3.8, 4) is 11.3 Å². The number of carbonyl (C=O) groups excluding carboxylic acids is 1. The molecular formula is C22H23F3N6O. The number of alkyl halides is 3. The predicted octanol–water partition coefficient (Wildman–Crippen LogP) is 4.31. The minimum Gasteiger partial charge on any atom is -0.316 e. The summed E-state index contributed by atoms with van der Waals surface area (Å²) >= 11 is 0. The first kappa shape index (κ1) is 20.7. The standard InChI is InChI=1S/C22H23F3N6O/c1-13-7-14(4-5-26-13)20-17-8-15-10-31(21(32)27-18(15)9-19(17)28-29-20)16-3-2-6-30(11-16)12-22(23,24)25/h4-5,7-9,16H,2-3,6,10-12H2,1H3,(H,27,32)(H,28,29)/t16-/m0/s1. The zero-order chi connectivity index (χ0) is 22.5. The molecule has 2 amide bonds. The molecule has 10 heteroatoms. The molecule has 0 saturated carbocycles. The molecule has 3 aromatic rings. The highest BCUT2D eigenvalue weighted by molar-refractivity contribution is 6.00. The number of pyridine rings is 1. The van der Waals surface area contributed by atoms with Crippen LogP contribution in [0.4, 0.5) is 23.7 Å². The lowest BCUT2D eigenvalue weighted by molar-refractivity contribution is -0.149. The van der Waals surface area contributed by atoms with Gasteiger partial charge in [-0.2, -0.15) is 18.3 Å². The topological polar surface area (TPSA) is 77.2 Å². The van der Waals surface area contributed by atoms with Gasteiger partial charge >= 0.3 is 12.2 Å². The smallest absolute Gasteiger partial charge is 0.316 e. The molecular weight excluding hydrogens is 421 g/mol. The largest absolute Gasteiger partial charge is 0.401 e. The van der Waals surface area contributed by atoms with Crippen LogP contribution in [0.5, 0.6) is 0 Å². The van der Waals surface area contributed by atoms with E-state index in [2.05, 4.69) is 20.5 Å². The Kier molecular flexibility index (Phi) is 5.04. The van der Waals surface area contributed by atoms with E-state index in [1.54, 1.807) is 11.1 Å². The van der Waals surface area contributed by atoms with Crippen molar-refractivity contribution < 1.29 is 18.0 Å². The second-order valence-corrected chi connectivity index (χ2v) is 8.52. The maximum absolute atomic E-state index is 12.9. The minimum atomic E-state index is -4.24. The van der Waals surface area contributed by atoms with Crippen LogP contribution >= 0.6 is 0 Å². The summed E-state index contributed by atoms with van der Waals surface area (Å²) in [4.78, 5) is 20.1. The molecule has 5 rings (SSSR count). The third-order valence-corrected chi connectivity index (χ3v) is 6.12. The number of H-pyrrole nitrogens is 1. The molecule has 0 spiro atoms.